The van der Waals surface area contributed by atoms with Crippen LogP contribution in [0.1, 0.15) is 24.2 Å². The van der Waals surface area contributed by atoms with Crippen LogP contribution in [0.4, 0.5) is 0 Å². The molecule has 92 valence electrons. The predicted molar refractivity (Wildman–Crippen MR) is 71.7 cm³/mol. The monoisotopic (exact) mass is 270 g/mol. The zero-order chi connectivity index (χ0) is 12.4. The highest BCUT2D eigenvalue weighted by Crippen LogP contribution is 2.26. The molecule has 1 fully saturated rings. The lowest BCUT2D eigenvalue weighted by molar-refractivity contribution is 0.0698. The number of halogens is 1. The summed E-state index contributed by atoms with van der Waals surface area (Å²) in [5, 5.41) is 0.892. The summed E-state index contributed by atoms with van der Waals surface area (Å²) >= 11 is 7.91. The third-order valence-electron chi connectivity index (χ3n) is 3.15. The summed E-state index contributed by atoms with van der Waals surface area (Å²) in [5.74, 6) is 0.997. The number of thioether (sulfide) groups is 1. The van der Waals surface area contributed by atoms with Crippen molar-refractivity contribution >= 4 is 29.3 Å². The molecule has 1 aliphatic heterocycles. The molecule has 1 aromatic heterocycles. The molecule has 2 heterocycles. The quantitative estimate of drug-likeness (QED) is 0.787. The molecule has 2 unspecified atom stereocenters. The van der Waals surface area contributed by atoms with Crippen molar-refractivity contribution in [3.05, 3.63) is 29.0 Å². The van der Waals surface area contributed by atoms with Crippen LogP contribution in [0.15, 0.2) is 18.5 Å². The Morgan fingerprint density at radius 2 is 2.35 bits per heavy atom. The van der Waals surface area contributed by atoms with E-state index in [0.717, 1.165) is 12.3 Å². The second-order valence-corrected chi connectivity index (χ2v) is 6.06. The van der Waals surface area contributed by atoms with Crippen LogP contribution < -0.4 is 0 Å². The zero-order valence-electron chi connectivity index (χ0n) is 9.89. The number of rotatable bonds is 1. The second-order valence-electron chi connectivity index (χ2n) is 4.17. The van der Waals surface area contributed by atoms with Crippen LogP contribution in [0.2, 0.25) is 5.02 Å². The van der Waals surface area contributed by atoms with E-state index in [0.29, 0.717) is 15.8 Å². The molecule has 3 nitrogen and oxygen atoms in total. The Hall–Kier alpha value is -0.740. The Morgan fingerprint density at radius 3 is 3.06 bits per heavy atom. The van der Waals surface area contributed by atoms with Crippen molar-refractivity contribution < 1.29 is 4.79 Å². The van der Waals surface area contributed by atoms with Gasteiger partial charge in [-0.2, -0.15) is 11.8 Å². The normalized spacial score (nSPS) is 24.8. The molecule has 0 saturated carbocycles. The molecular weight excluding hydrogens is 256 g/mol. The number of nitrogens with zero attached hydrogens (tertiary/aromatic N) is 2. The van der Waals surface area contributed by atoms with Gasteiger partial charge in [0, 0.05) is 36.0 Å². The lowest BCUT2D eigenvalue weighted by atomic mass is 10.1. The first-order valence-corrected chi connectivity index (χ1v) is 7.06. The van der Waals surface area contributed by atoms with Crippen LogP contribution in [0, 0.1) is 0 Å². The molecule has 1 saturated heterocycles. The maximum atomic E-state index is 12.4. The van der Waals surface area contributed by atoms with Gasteiger partial charge in [0.15, 0.2) is 0 Å². The first-order valence-electron chi connectivity index (χ1n) is 5.63. The summed E-state index contributed by atoms with van der Waals surface area (Å²) in [5.41, 5.74) is 0.549. The topological polar surface area (TPSA) is 33.2 Å². The maximum Gasteiger partial charge on any atom is 0.255 e. The molecule has 1 aliphatic rings. The van der Waals surface area contributed by atoms with Crippen molar-refractivity contribution in [2.24, 2.45) is 0 Å². The summed E-state index contributed by atoms with van der Waals surface area (Å²) in [6.45, 7) is 5.03. The van der Waals surface area contributed by atoms with Gasteiger partial charge in [0.2, 0.25) is 0 Å². The van der Waals surface area contributed by atoms with Gasteiger partial charge in [-0.1, -0.05) is 18.5 Å². The zero-order valence-corrected chi connectivity index (χ0v) is 11.5. The van der Waals surface area contributed by atoms with E-state index in [2.05, 4.69) is 18.8 Å². The summed E-state index contributed by atoms with van der Waals surface area (Å²) < 4.78 is 0. The fraction of sp³-hybridized carbons (Fsp3) is 0.500. The Balaban J connectivity index is 2.23. The fourth-order valence-corrected chi connectivity index (χ4v) is 3.22. The van der Waals surface area contributed by atoms with Crippen molar-refractivity contribution in [3.63, 3.8) is 0 Å². The van der Waals surface area contributed by atoms with Crippen LogP contribution in [-0.2, 0) is 0 Å². The molecule has 0 N–H and O–H groups in total. The number of aromatic nitrogens is 1. The largest absolute Gasteiger partial charge is 0.334 e. The molecular formula is C12H15ClN2OS. The van der Waals surface area contributed by atoms with Gasteiger partial charge in [-0.15, -0.1) is 0 Å². The number of amides is 1. The summed E-state index contributed by atoms with van der Waals surface area (Å²) in [6.07, 6.45) is 3.12. The fourth-order valence-electron chi connectivity index (χ4n) is 1.92. The van der Waals surface area contributed by atoms with E-state index >= 15 is 0 Å². The van der Waals surface area contributed by atoms with Gasteiger partial charge in [0.25, 0.3) is 5.91 Å². The van der Waals surface area contributed by atoms with E-state index in [4.69, 9.17) is 11.6 Å². The molecule has 0 spiro atoms. The third kappa shape index (κ3) is 2.58. The molecule has 5 heteroatoms. The van der Waals surface area contributed by atoms with Crippen molar-refractivity contribution in [3.8, 4) is 0 Å². The van der Waals surface area contributed by atoms with Crippen molar-refractivity contribution in [2.75, 3.05) is 12.3 Å². The molecule has 1 amide bonds. The third-order valence-corrected chi connectivity index (χ3v) is 4.79. The van der Waals surface area contributed by atoms with Crippen LogP contribution >= 0.6 is 23.4 Å². The van der Waals surface area contributed by atoms with Crippen LogP contribution in [0.25, 0.3) is 0 Å². The first-order chi connectivity index (χ1) is 8.11. The minimum atomic E-state index is 0.0112. The van der Waals surface area contributed by atoms with Gasteiger partial charge < -0.3 is 4.90 Å². The van der Waals surface area contributed by atoms with Crippen molar-refractivity contribution in [2.45, 2.75) is 25.1 Å². The second kappa shape index (κ2) is 5.27. The highest BCUT2D eigenvalue weighted by atomic mass is 35.5. The molecule has 0 aliphatic carbocycles. The summed E-state index contributed by atoms with van der Waals surface area (Å²) in [7, 11) is 0. The Kier molecular flexibility index (Phi) is 3.94. The number of pyridine rings is 1. The predicted octanol–water partition coefficient (Wildman–Crippen LogP) is 2.70. The van der Waals surface area contributed by atoms with E-state index in [9.17, 15) is 4.79 Å². The summed E-state index contributed by atoms with van der Waals surface area (Å²) in [4.78, 5) is 18.2. The highest BCUT2D eigenvalue weighted by Gasteiger charge is 2.30. The SMILES string of the molecule is CC1SCCN(C(=O)c2ccncc2Cl)C1C. The van der Waals surface area contributed by atoms with Gasteiger partial charge in [0.05, 0.1) is 10.6 Å². The van der Waals surface area contributed by atoms with Crippen molar-refractivity contribution in [1.82, 2.24) is 9.88 Å². The lowest BCUT2D eigenvalue weighted by Gasteiger charge is -2.37. The smallest absolute Gasteiger partial charge is 0.255 e. The standard InChI is InChI=1S/C12H15ClN2OS/c1-8-9(2)17-6-5-15(8)12(16)10-3-4-14-7-11(10)13/h3-4,7-9H,5-6H2,1-2H3. The average molecular weight is 271 g/mol. The van der Waals surface area contributed by atoms with Gasteiger partial charge in [0.1, 0.15) is 0 Å². The Labute approximate surface area is 111 Å². The van der Waals surface area contributed by atoms with E-state index in [1.807, 2.05) is 16.7 Å². The maximum absolute atomic E-state index is 12.4. The van der Waals surface area contributed by atoms with E-state index in [1.54, 1.807) is 12.3 Å². The first kappa shape index (κ1) is 12.7. The molecule has 0 aromatic carbocycles. The highest BCUT2D eigenvalue weighted by molar-refractivity contribution is 8.00. The average Bonchev–Trinajstić information content (AvgIpc) is 2.32. The van der Waals surface area contributed by atoms with Gasteiger partial charge in [-0.3, -0.25) is 9.78 Å². The number of hydrogen-bond acceptors (Lipinski definition) is 3. The van der Waals surface area contributed by atoms with E-state index in [1.165, 1.54) is 6.20 Å². The molecule has 0 radical (unpaired) electrons. The van der Waals surface area contributed by atoms with Crippen LogP contribution in [0.3, 0.4) is 0 Å². The minimum Gasteiger partial charge on any atom is -0.334 e. The van der Waals surface area contributed by atoms with E-state index < -0.39 is 0 Å². The molecule has 0 bridgehead atoms. The summed E-state index contributed by atoms with van der Waals surface area (Å²) in [6, 6.07) is 1.93. The van der Waals surface area contributed by atoms with E-state index in [-0.39, 0.29) is 11.9 Å². The number of hydrogen-bond donors (Lipinski definition) is 0. The van der Waals surface area contributed by atoms with Gasteiger partial charge >= 0.3 is 0 Å². The molecule has 2 rings (SSSR count). The lowest BCUT2D eigenvalue weighted by Crippen LogP contribution is -2.48. The Morgan fingerprint density at radius 1 is 1.59 bits per heavy atom. The minimum absolute atomic E-state index is 0.0112. The number of carbonyl (C=O) groups is 1. The van der Waals surface area contributed by atoms with Gasteiger partial charge in [-0.25, -0.2) is 0 Å². The van der Waals surface area contributed by atoms with Crippen LogP contribution in [-0.4, -0.2) is 39.4 Å². The number of carbonyl (C=O) groups excluding carboxylic acids is 1. The van der Waals surface area contributed by atoms with Gasteiger partial charge in [-0.05, 0) is 13.0 Å². The molecule has 17 heavy (non-hydrogen) atoms. The Bertz CT molecular complexity index is 427. The molecule has 1 aromatic rings. The molecule has 2 atom stereocenters. The van der Waals surface area contributed by atoms with Crippen molar-refractivity contribution in [1.29, 1.82) is 0 Å². The van der Waals surface area contributed by atoms with Crippen LogP contribution in [0.5, 0.6) is 0 Å².